The average molecular weight is 857 g/mol. The smallest absolute Gasteiger partial charge is 0.306 e. The highest BCUT2D eigenvalue weighted by atomic mass is 16.6. The van der Waals surface area contributed by atoms with Crippen LogP contribution in [0.3, 0.4) is 0 Å². The molecule has 0 radical (unpaired) electrons. The number of carbonyl (C=O) groups excluding carboxylic acids is 3. The molecule has 0 rings (SSSR count). The van der Waals surface area contributed by atoms with E-state index in [0.717, 1.165) is 89.9 Å². The monoisotopic (exact) mass is 857 g/mol. The number of allylic oxidation sites excluding steroid dienone is 6. The van der Waals surface area contributed by atoms with Crippen molar-refractivity contribution in [3.05, 3.63) is 36.5 Å². The molecule has 356 valence electrons. The Kier molecular flexibility index (Phi) is 48.3. The molecule has 0 fully saturated rings. The molecule has 0 aliphatic rings. The molecule has 61 heavy (non-hydrogen) atoms. The minimum absolute atomic E-state index is 0.0772. The Balaban J connectivity index is 4.29. The molecule has 0 aliphatic carbocycles. The van der Waals surface area contributed by atoms with Gasteiger partial charge in [-0.2, -0.15) is 0 Å². The lowest BCUT2D eigenvalue weighted by molar-refractivity contribution is -0.167. The average Bonchev–Trinajstić information content (AvgIpc) is 3.26. The molecule has 0 saturated heterocycles. The molecule has 1 atom stereocenters. The second-order valence-corrected chi connectivity index (χ2v) is 17.8. The van der Waals surface area contributed by atoms with Crippen LogP contribution in [0.2, 0.25) is 0 Å². The van der Waals surface area contributed by atoms with Crippen molar-refractivity contribution >= 4 is 17.9 Å². The summed E-state index contributed by atoms with van der Waals surface area (Å²) in [5.41, 5.74) is 0. The first-order valence-electron chi connectivity index (χ1n) is 26.5. The van der Waals surface area contributed by atoms with Crippen molar-refractivity contribution in [3.8, 4) is 0 Å². The molecule has 0 aliphatic heterocycles. The second kappa shape index (κ2) is 50.3. The fraction of sp³-hybridized carbons (Fsp3) is 0.836. The lowest BCUT2D eigenvalue weighted by Gasteiger charge is -2.18. The summed E-state index contributed by atoms with van der Waals surface area (Å²) in [6, 6.07) is 0. The highest BCUT2D eigenvalue weighted by Crippen LogP contribution is 2.16. The third-order valence-corrected chi connectivity index (χ3v) is 11.7. The summed E-state index contributed by atoms with van der Waals surface area (Å²) in [5, 5.41) is 0. The normalized spacial score (nSPS) is 12.2. The van der Waals surface area contributed by atoms with E-state index in [-0.39, 0.29) is 31.1 Å². The molecule has 0 N–H and O–H groups in total. The van der Waals surface area contributed by atoms with Gasteiger partial charge in [0.15, 0.2) is 6.10 Å². The van der Waals surface area contributed by atoms with E-state index in [1.807, 2.05) is 0 Å². The van der Waals surface area contributed by atoms with Crippen molar-refractivity contribution in [2.45, 2.75) is 284 Å². The highest BCUT2D eigenvalue weighted by molar-refractivity contribution is 5.71. The van der Waals surface area contributed by atoms with Gasteiger partial charge < -0.3 is 14.2 Å². The Bertz CT molecular complexity index is 1030. The van der Waals surface area contributed by atoms with Gasteiger partial charge >= 0.3 is 17.9 Å². The molecule has 6 heteroatoms. The van der Waals surface area contributed by atoms with Crippen molar-refractivity contribution in [1.82, 2.24) is 0 Å². The van der Waals surface area contributed by atoms with Crippen LogP contribution < -0.4 is 0 Å². The van der Waals surface area contributed by atoms with Gasteiger partial charge in [-0.3, -0.25) is 14.4 Å². The van der Waals surface area contributed by atoms with E-state index in [9.17, 15) is 14.4 Å². The highest BCUT2D eigenvalue weighted by Gasteiger charge is 2.19. The summed E-state index contributed by atoms with van der Waals surface area (Å²) in [7, 11) is 0. The van der Waals surface area contributed by atoms with E-state index in [1.165, 1.54) is 148 Å². The third-order valence-electron chi connectivity index (χ3n) is 11.7. The number of hydrogen-bond acceptors (Lipinski definition) is 6. The fourth-order valence-electron chi connectivity index (χ4n) is 7.69. The van der Waals surface area contributed by atoms with Crippen molar-refractivity contribution in [2.24, 2.45) is 0 Å². The second-order valence-electron chi connectivity index (χ2n) is 17.8. The first-order valence-corrected chi connectivity index (χ1v) is 26.5. The number of ether oxygens (including phenoxy) is 3. The largest absolute Gasteiger partial charge is 0.462 e. The van der Waals surface area contributed by atoms with Crippen LogP contribution in [0.1, 0.15) is 278 Å². The summed E-state index contributed by atoms with van der Waals surface area (Å²) < 4.78 is 16.8. The van der Waals surface area contributed by atoms with Gasteiger partial charge in [0.2, 0.25) is 0 Å². The van der Waals surface area contributed by atoms with Gasteiger partial charge in [-0.15, -0.1) is 0 Å². The lowest BCUT2D eigenvalue weighted by Crippen LogP contribution is -2.30. The number of unbranched alkanes of at least 4 members (excludes halogenated alkanes) is 31. The van der Waals surface area contributed by atoms with E-state index in [0.29, 0.717) is 19.3 Å². The van der Waals surface area contributed by atoms with E-state index >= 15 is 0 Å². The molecule has 0 heterocycles. The molecule has 0 aromatic heterocycles. The molecular formula is C55H100O6. The maximum absolute atomic E-state index is 12.8. The van der Waals surface area contributed by atoms with Crippen molar-refractivity contribution in [3.63, 3.8) is 0 Å². The fourth-order valence-corrected chi connectivity index (χ4v) is 7.69. The van der Waals surface area contributed by atoms with Crippen LogP contribution >= 0.6 is 0 Å². The zero-order valence-corrected chi connectivity index (χ0v) is 40.7. The first kappa shape index (κ1) is 58.6. The van der Waals surface area contributed by atoms with Gasteiger partial charge in [0.25, 0.3) is 0 Å². The van der Waals surface area contributed by atoms with Crippen molar-refractivity contribution in [2.75, 3.05) is 13.2 Å². The summed E-state index contributed by atoms with van der Waals surface area (Å²) >= 11 is 0. The van der Waals surface area contributed by atoms with Gasteiger partial charge in [0.05, 0.1) is 0 Å². The van der Waals surface area contributed by atoms with Gasteiger partial charge in [-0.05, 0) is 51.4 Å². The van der Waals surface area contributed by atoms with E-state index < -0.39 is 6.10 Å². The van der Waals surface area contributed by atoms with Gasteiger partial charge in [-0.1, -0.05) is 243 Å². The van der Waals surface area contributed by atoms with Crippen LogP contribution in [0.4, 0.5) is 0 Å². The molecule has 1 unspecified atom stereocenters. The Hall–Kier alpha value is -2.37. The SMILES string of the molecule is CC/C=C\C/C=C\C/C=C\CCCCCCC(=O)OC(COC(=O)CCCCCCCCCCCC)COC(=O)CCCCCCCCCCCCCCCCCCCCC. The minimum atomic E-state index is -0.778. The summed E-state index contributed by atoms with van der Waals surface area (Å²) in [4.78, 5) is 37.9. The molecule has 0 bridgehead atoms. The van der Waals surface area contributed by atoms with Gasteiger partial charge in [0, 0.05) is 19.3 Å². The van der Waals surface area contributed by atoms with E-state index in [4.69, 9.17) is 14.2 Å². The Morgan fingerprint density at radius 1 is 0.344 bits per heavy atom. The molecule has 0 aromatic carbocycles. The van der Waals surface area contributed by atoms with E-state index in [2.05, 4.69) is 57.2 Å². The van der Waals surface area contributed by atoms with Crippen LogP contribution in [0.5, 0.6) is 0 Å². The Morgan fingerprint density at radius 3 is 1.00 bits per heavy atom. The molecular weight excluding hydrogens is 757 g/mol. The topological polar surface area (TPSA) is 78.9 Å². The molecule has 0 amide bonds. The number of carbonyl (C=O) groups is 3. The molecule has 0 spiro atoms. The van der Waals surface area contributed by atoms with Crippen LogP contribution in [0.25, 0.3) is 0 Å². The van der Waals surface area contributed by atoms with Crippen LogP contribution in [0.15, 0.2) is 36.5 Å². The molecule has 6 nitrogen and oxygen atoms in total. The van der Waals surface area contributed by atoms with Crippen LogP contribution in [-0.4, -0.2) is 37.2 Å². The maximum Gasteiger partial charge on any atom is 0.306 e. The maximum atomic E-state index is 12.8. The lowest BCUT2D eigenvalue weighted by atomic mass is 10.0. The number of hydrogen-bond donors (Lipinski definition) is 0. The minimum Gasteiger partial charge on any atom is -0.462 e. The van der Waals surface area contributed by atoms with Gasteiger partial charge in [0.1, 0.15) is 13.2 Å². The summed E-state index contributed by atoms with van der Waals surface area (Å²) in [6.45, 7) is 6.52. The first-order chi connectivity index (χ1) is 30.0. The number of rotatable bonds is 48. The standard InChI is InChI=1S/C55H100O6/c1-4-7-10-13-16-19-22-24-26-27-28-29-30-32-33-36-39-42-45-48-54(57)60-51-52(50-59-53(56)47-44-41-38-35-21-18-15-12-9-6-3)61-55(58)49-46-43-40-37-34-31-25-23-20-17-14-11-8-5-2/h8,11,17,20,25,31,52H,4-7,9-10,12-16,18-19,21-24,26-30,32-51H2,1-3H3/b11-8-,20-17-,31-25-. The predicted octanol–water partition coefficient (Wildman–Crippen LogP) is 17.3. The third kappa shape index (κ3) is 48.5. The quantitative estimate of drug-likeness (QED) is 0.0262. The van der Waals surface area contributed by atoms with Crippen LogP contribution in [0, 0.1) is 0 Å². The molecule has 0 saturated carbocycles. The summed E-state index contributed by atoms with van der Waals surface area (Å²) in [6.07, 6.45) is 58.5. The summed E-state index contributed by atoms with van der Waals surface area (Å²) in [5.74, 6) is -0.889. The molecule has 0 aromatic rings. The predicted molar refractivity (Wildman–Crippen MR) is 261 cm³/mol. The van der Waals surface area contributed by atoms with Crippen molar-refractivity contribution < 1.29 is 28.6 Å². The zero-order chi connectivity index (χ0) is 44.4. The van der Waals surface area contributed by atoms with Gasteiger partial charge in [-0.25, -0.2) is 0 Å². The zero-order valence-electron chi connectivity index (χ0n) is 40.7. The Morgan fingerprint density at radius 2 is 0.639 bits per heavy atom. The Labute approximate surface area is 378 Å². The van der Waals surface area contributed by atoms with Crippen molar-refractivity contribution in [1.29, 1.82) is 0 Å². The number of esters is 3. The van der Waals surface area contributed by atoms with Crippen LogP contribution in [-0.2, 0) is 28.6 Å². The van der Waals surface area contributed by atoms with E-state index in [1.54, 1.807) is 0 Å².